The van der Waals surface area contributed by atoms with Crippen LogP contribution in [0.3, 0.4) is 0 Å². The summed E-state index contributed by atoms with van der Waals surface area (Å²) in [5.41, 5.74) is -1.04. The van der Waals surface area contributed by atoms with Gasteiger partial charge in [-0.3, -0.25) is 9.69 Å². The van der Waals surface area contributed by atoms with E-state index in [0.717, 1.165) is 0 Å². The molecule has 0 unspecified atom stereocenters. The van der Waals surface area contributed by atoms with E-state index in [9.17, 15) is 9.90 Å². The van der Waals surface area contributed by atoms with Crippen LogP contribution in [0.5, 0.6) is 0 Å². The summed E-state index contributed by atoms with van der Waals surface area (Å²) in [7, 11) is 0. The van der Waals surface area contributed by atoms with Crippen LogP contribution in [0, 0.1) is 0 Å². The molecular formula is C12H25NO3. The molecule has 0 radical (unpaired) electrons. The molecule has 0 bridgehead atoms. The highest BCUT2D eigenvalue weighted by Crippen LogP contribution is 2.21. The van der Waals surface area contributed by atoms with Crippen molar-refractivity contribution in [3.63, 3.8) is 0 Å². The largest absolute Gasteiger partial charge is 0.480 e. The highest BCUT2D eigenvalue weighted by molar-refractivity contribution is 5.69. The van der Waals surface area contributed by atoms with E-state index in [1.807, 2.05) is 39.5 Å². The predicted molar refractivity (Wildman–Crippen MR) is 64.5 cm³/mol. The van der Waals surface area contributed by atoms with Gasteiger partial charge in [0.1, 0.15) is 0 Å². The normalized spacial score (nSPS) is 13.2. The van der Waals surface area contributed by atoms with E-state index < -0.39 is 11.6 Å². The van der Waals surface area contributed by atoms with Crippen molar-refractivity contribution in [2.45, 2.75) is 58.6 Å². The van der Waals surface area contributed by atoms with Gasteiger partial charge in [0.2, 0.25) is 0 Å². The molecule has 0 aliphatic rings. The second-order valence-corrected chi connectivity index (χ2v) is 5.35. The Balaban J connectivity index is 4.73. The summed E-state index contributed by atoms with van der Waals surface area (Å²) in [4.78, 5) is 12.6. The highest BCUT2D eigenvalue weighted by Gasteiger charge is 2.32. The Hall–Kier alpha value is -0.610. The smallest absolute Gasteiger partial charge is 0.317 e. The van der Waals surface area contributed by atoms with Crippen LogP contribution in [0.2, 0.25) is 0 Å². The SMILES string of the molecule is CCC(O)(CC)CN(CC(=O)O)C(C)(C)C. The Kier molecular flexibility index (Phi) is 5.42. The molecule has 0 fully saturated rings. The quantitative estimate of drug-likeness (QED) is 0.730. The number of rotatable bonds is 6. The number of aliphatic carboxylic acids is 1. The van der Waals surface area contributed by atoms with Gasteiger partial charge in [0, 0.05) is 12.1 Å². The first-order chi connectivity index (χ1) is 7.14. The van der Waals surface area contributed by atoms with Crippen molar-refractivity contribution in [2.75, 3.05) is 13.1 Å². The Morgan fingerprint density at radius 3 is 1.88 bits per heavy atom. The molecule has 4 nitrogen and oxygen atoms in total. The zero-order valence-corrected chi connectivity index (χ0v) is 11.1. The van der Waals surface area contributed by atoms with Gasteiger partial charge < -0.3 is 10.2 Å². The van der Waals surface area contributed by atoms with Gasteiger partial charge in [-0.15, -0.1) is 0 Å². The minimum Gasteiger partial charge on any atom is -0.480 e. The van der Waals surface area contributed by atoms with E-state index in [0.29, 0.717) is 19.4 Å². The van der Waals surface area contributed by atoms with E-state index in [1.165, 1.54) is 0 Å². The van der Waals surface area contributed by atoms with Crippen molar-refractivity contribution in [1.82, 2.24) is 4.90 Å². The van der Waals surface area contributed by atoms with Crippen LogP contribution in [-0.2, 0) is 4.79 Å². The maximum Gasteiger partial charge on any atom is 0.317 e. The molecule has 0 spiro atoms. The first-order valence-electron chi connectivity index (χ1n) is 5.84. The van der Waals surface area contributed by atoms with Crippen LogP contribution in [0.25, 0.3) is 0 Å². The monoisotopic (exact) mass is 231 g/mol. The molecule has 0 atom stereocenters. The van der Waals surface area contributed by atoms with E-state index in [4.69, 9.17) is 5.11 Å². The molecule has 4 heteroatoms. The first kappa shape index (κ1) is 15.4. The lowest BCUT2D eigenvalue weighted by Gasteiger charge is -2.40. The van der Waals surface area contributed by atoms with Crippen molar-refractivity contribution >= 4 is 5.97 Å². The predicted octanol–water partition coefficient (Wildman–Crippen LogP) is 1.72. The second kappa shape index (κ2) is 5.64. The van der Waals surface area contributed by atoms with E-state index in [-0.39, 0.29) is 12.1 Å². The Morgan fingerprint density at radius 1 is 1.19 bits per heavy atom. The summed E-state index contributed by atoms with van der Waals surface area (Å²) >= 11 is 0. The molecule has 0 aliphatic carbocycles. The fourth-order valence-electron chi connectivity index (χ4n) is 1.52. The van der Waals surface area contributed by atoms with Crippen LogP contribution in [0.1, 0.15) is 47.5 Å². The zero-order chi connectivity index (χ0) is 13.0. The molecule has 96 valence electrons. The molecule has 0 amide bonds. The lowest BCUT2D eigenvalue weighted by Crippen LogP contribution is -2.52. The molecule has 0 aliphatic heterocycles. The van der Waals surface area contributed by atoms with Crippen molar-refractivity contribution in [3.05, 3.63) is 0 Å². The van der Waals surface area contributed by atoms with Gasteiger partial charge in [0.05, 0.1) is 12.1 Å². The number of carboxylic acids is 1. The molecule has 0 saturated carbocycles. The van der Waals surface area contributed by atoms with Crippen LogP contribution in [-0.4, -0.2) is 45.3 Å². The van der Waals surface area contributed by atoms with Crippen LogP contribution < -0.4 is 0 Å². The number of carbonyl (C=O) groups is 1. The Labute approximate surface area is 98.3 Å². The zero-order valence-electron chi connectivity index (χ0n) is 11.1. The molecule has 0 aromatic carbocycles. The van der Waals surface area contributed by atoms with E-state index in [1.54, 1.807) is 0 Å². The minimum absolute atomic E-state index is 0.0359. The first-order valence-corrected chi connectivity index (χ1v) is 5.84. The molecule has 0 saturated heterocycles. The average Bonchev–Trinajstić information content (AvgIpc) is 2.14. The summed E-state index contributed by atoms with van der Waals surface area (Å²) in [5.74, 6) is -0.857. The lowest BCUT2D eigenvalue weighted by atomic mass is 9.94. The molecule has 0 aromatic rings. The number of nitrogens with zero attached hydrogens (tertiary/aromatic N) is 1. The van der Waals surface area contributed by atoms with Gasteiger partial charge in [-0.1, -0.05) is 13.8 Å². The highest BCUT2D eigenvalue weighted by atomic mass is 16.4. The summed E-state index contributed by atoms with van der Waals surface area (Å²) in [6, 6.07) is 0. The minimum atomic E-state index is -0.857. The third-order valence-corrected chi connectivity index (χ3v) is 3.08. The topological polar surface area (TPSA) is 60.8 Å². The summed E-state index contributed by atoms with van der Waals surface area (Å²) in [5, 5.41) is 19.1. The van der Waals surface area contributed by atoms with Crippen LogP contribution in [0.4, 0.5) is 0 Å². The summed E-state index contributed by atoms with van der Waals surface area (Å²) < 4.78 is 0. The standard InChI is InChI=1S/C12H25NO3/c1-6-12(16,7-2)9-13(8-10(14)15)11(3,4)5/h16H,6-9H2,1-5H3,(H,14,15). The van der Waals surface area contributed by atoms with Crippen LogP contribution in [0.15, 0.2) is 0 Å². The number of aliphatic hydroxyl groups is 1. The Morgan fingerprint density at radius 2 is 1.62 bits per heavy atom. The van der Waals surface area contributed by atoms with Crippen molar-refractivity contribution in [1.29, 1.82) is 0 Å². The third-order valence-electron chi connectivity index (χ3n) is 3.08. The summed E-state index contributed by atoms with van der Waals surface area (Å²) in [6.45, 7) is 10.1. The maximum absolute atomic E-state index is 10.8. The number of carboxylic acid groups (broad SMARTS) is 1. The third kappa shape index (κ3) is 4.94. The number of β-amino-alcohol motifs (C(OH)–C–C–N with tert-alkyl or cyclic N) is 1. The molecule has 2 N–H and O–H groups in total. The maximum atomic E-state index is 10.8. The molecule has 16 heavy (non-hydrogen) atoms. The molecular weight excluding hydrogens is 206 g/mol. The average molecular weight is 231 g/mol. The van der Waals surface area contributed by atoms with E-state index >= 15 is 0 Å². The molecule has 0 heterocycles. The van der Waals surface area contributed by atoms with Crippen molar-refractivity contribution in [2.24, 2.45) is 0 Å². The van der Waals surface area contributed by atoms with Gasteiger partial charge >= 0.3 is 5.97 Å². The fourth-order valence-corrected chi connectivity index (χ4v) is 1.52. The van der Waals surface area contributed by atoms with Crippen molar-refractivity contribution in [3.8, 4) is 0 Å². The second-order valence-electron chi connectivity index (χ2n) is 5.35. The molecule has 0 rings (SSSR count). The lowest BCUT2D eigenvalue weighted by molar-refractivity contribution is -0.141. The van der Waals surface area contributed by atoms with Gasteiger partial charge in [0.15, 0.2) is 0 Å². The fraction of sp³-hybridized carbons (Fsp3) is 0.917. The van der Waals surface area contributed by atoms with Gasteiger partial charge in [-0.05, 0) is 33.6 Å². The van der Waals surface area contributed by atoms with E-state index in [2.05, 4.69) is 0 Å². The van der Waals surface area contributed by atoms with Gasteiger partial charge in [0.25, 0.3) is 0 Å². The van der Waals surface area contributed by atoms with Gasteiger partial charge in [-0.25, -0.2) is 0 Å². The Bertz CT molecular complexity index is 229. The number of hydrogen-bond donors (Lipinski definition) is 2. The number of hydrogen-bond acceptors (Lipinski definition) is 3. The van der Waals surface area contributed by atoms with Gasteiger partial charge in [-0.2, -0.15) is 0 Å². The van der Waals surface area contributed by atoms with Crippen molar-refractivity contribution < 1.29 is 15.0 Å². The molecule has 0 aromatic heterocycles. The van der Waals surface area contributed by atoms with Crippen LogP contribution >= 0.6 is 0 Å². The summed E-state index contributed by atoms with van der Waals surface area (Å²) in [6.07, 6.45) is 1.27.